The van der Waals surface area contributed by atoms with E-state index in [1.54, 1.807) is 12.1 Å². The van der Waals surface area contributed by atoms with Crippen molar-refractivity contribution in [1.29, 1.82) is 0 Å². The number of carbonyl (C=O) groups excluding carboxylic acids is 2. The SMILES string of the molecule is Cc1ccc(S(=O)(=O)O/C=C/C2=C(C(=O)OC(c3ccccc3)c3ccccc3)N3C(=O)C(NC(c4ccccc4)(c4ccccc4)c4ccccc4)C3SC2)cc1. The average molecular weight is 805 g/mol. The summed E-state index contributed by atoms with van der Waals surface area (Å²) in [4.78, 5) is 30.9. The van der Waals surface area contributed by atoms with E-state index in [-0.39, 0.29) is 22.3 Å². The van der Waals surface area contributed by atoms with Gasteiger partial charge in [0.1, 0.15) is 28.3 Å². The largest absolute Gasteiger partial charge is 0.448 e. The lowest BCUT2D eigenvalue weighted by molar-refractivity contribution is -0.154. The molecule has 1 saturated heterocycles. The van der Waals surface area contributed by atoms with Crippen molar-refractivity contribution < 1.29 is 26.9 Å². The molecule has 0 aromatic heterocycles. The second-order valence-corrected chi connectivity index (χ2v) is 16.7. The zero-order chi connectivity index (χ0) is 40.1. The number of hydrogen-bond acceptors (Lipinski definition) is 8. The molecule has 2 atom stereocenters. The van der Waals surface area contributed by atoms with Gasteiger partial charge in [0.25, 0.3) is 0 Å². The average Bonchev–Trinajstić information content (AvgIpc) is 3.27. The number of thioether (sulfide) groups is 1. The summed E-state index contributed by atoms with van der Waals surface area (Å²) in [5.74, 6) is -0.791. The maximum Gasteiger partial charge on any atom is 0.356 e. The number of rotatable bonds is 13. The Bertz CT molecular complexity index is 2420. The van der Waals surface area contributed by atoms with Crippen molar-refractivity contribution in [2.45, 2.75) is 34.9 Å². The van der Waals surface area contributed by atoms with Crippen LogP contribution in [0.15, 0.2) is 204 Å². The van der Waals surface area contributed by atoms with Crippen molar-refractivity contribution in [3.05, 3.63) is 233 Å². The minimum absolute atomic E-state index is 0.00595. The summed E-state index contributed by atoms with van der Waals surface area (Å²) >= 11 is 1.47. The Morgan fingerprint density at radius 1 is 0.724 bits per heavy atom. The van der Waals surface area contributed by atoms with Crippen molar-refractivity contribution in [3.63, 3.8) is 0 Å². The smallest absolute Gasteiger partial charge is 0.356 e. The lowest BCUT2D eigenvalue weighted by atomic mass is 9.76. The number of amides is 1. The van der Waals surface area contributed by atoms with Crippen molar-refractivity contribution in [3.8, 4) is 0 Å². The summed E-state index contributed by atoms with van der Waals surface area (Å²) < 4.78 is 37.9. The van der Waals surface area contributed by atoms with Crippen LogP contribution in [0.4, 0.5) is 0 Å². The molecule has 2 aliphatic rings. The van der Waals surface area contributed by atoms with E-state index in [1.807, 2.05) is 159 Å². The van der Waals surface area contributed by atoms with Crippen LogP contribution in [0.1, 0.15) is 39.5 Å². The molecule has 0 aliphatic carbocycles. The minimum Gasteiger partial charge on any atom is -0.448 e. The highest BCUT2D eigenvalue weighted by atomic mass is 32.2. The molecule has 1 amide bonds. The van der Waals surface area contributed by atoms with Crippen molar-refractivity contribution >= 4 is 33.8 Å². The van der Waals surface area contributed by atoms with E-state index >= 15 is 0 Å². The normalized spacial score (nSPS) is 16.9. The predicted molar refractivity (Wildman–Crippen MR) is 226 cm³/mol. The number of carbonyl (C=O) groups is 2. The Labute approximate surface area is 343 Å². The van der Waals surface area contributed by atoms with Gasteiger partial charge in [-0.25, -0.2) is 4.79 Å². The summed E-state index contributed by atoms with van der Waals surface area (Å²) in [6.07, 6.45) is 1.70. The zero-order valence-electron chi connectivity index (χ0n) is 31.6. The van der Waals surface area contributed by atoms with Gasteiger partial charge in [-0.3, -0.25) is 15.0 Å². The quantitative estimate of drug-likeness (QED) is 0.0407. The number of nitrogens with one attached hydrogen (secondary N) is 1. The van der Waals surface area contributed by atoms with E-state index in [0.29, 0.717) is 5.57 Å². The van der Waals surface area contributed by atoms with Crippen LogP contribution in [0.25, 0.3) is 0 Å². The van der Waals surface area contributed by atoms with Gasteiger partial charge in [0.05, 0.1) is 5.54 Å². The highest BCUT2D eigenvalue weighted by Crippen LogP contribution is 2.45. The molecule has 0 radical (unpaired) electrons. The van der Waals surface area contributed by atoms with Gasteiger partial charge in [-0.2, -0.15) is 8.42 Å². The second-order valence-electron chi connectivity index (χ2n) is 14.0. The van der Waals surface area contributed by atoms with Crippen molar-refractivity contribution in [1.82, 2.24) is 10.2 Å². The zero-order valence-corrected chi connectivity index (χ0v) is 33.2. The van der Waals surface area contributed by atoms with Crippen molar-refractivity contribution in [2.24, 2.45) is 0 Å². The third-order valence-corrected chi connectivity index (χ3v) is 12.9. The van der Waals surface area contributed by atoms with E-state index in [1.165, 1.54) is 34.9 Å². The maximum absolute atomic E-state index is 14.8. The first-order chi connectivity index (χ1) is 28.3. The molecule has 8 nitrogen and oxygen atoms in total. The van der Waals surface area contributed by atoms with Gasteiger partial charge in [0, 0.05) is 5.75 Å². The van der Waals surface area contributed by atoms with E-state index in [2.05, 4.69) is 5.32 Å². The van der Waals surface area contributed by atoms with Gasteiger partial charge in [0.15, 0.2) is 6.10 Å². The molecule has 58 heavy (non-hydrogen) atoms. The van der Waals surface area contributed by atoms with Gasteiger partial charge >= 0.3 is 16.1 Å². The van der Waals surface area contributed by atoms with Crippen LogP contribution in [0.2, 0.25) is 0 Å². The summed E-state index contributed by atoms with van der Waals surface area (Å²) in [5, 5.41) is 3.30. The molecule has 0 bridgehead atoms. The number of aryl methyl sites for hydroxylation is 1. The minimum atomic E-state index is -4.16. The third-order valence-electron chi connectivity index (χ3n) is 10.4. The number of β-lactam (4-membered cyclic amide) rings is 1. The lowest BCUT2D eigenvalue weighted by Gasteiger charge is -2.53. The van der Waals surface area contributed by atoms with Gasteiger partial charge in [-0.1, -0.05) is 169 Å². The van der Waals surface area contributed by atoms with Crippen LogP contribution in [0.3, 0.4) is 0 Å². The molecule has 6 aromatic carbocycles. The van der Waals surface area contributed by atoms with Crippen LogP contribution in [0.5, 0.6) is 0 Å². The molecule has 290 valence electrons. The number of nitrogens with zero attached hydrogens (tertiary/aromatic N) is 1. The first kappa shape index (κ1) is 38.7. The first-order valence-electron chi connectivity index (χ1n) is 18.9. The van der Waals surface area contributed by atoms with Crippen LogP contribution in [-0.2, 0) is 34.2 Å². The highest BCUT2D eigenvalue weighted by molar-refractivity contribution is 8.00. The molecule has 2 aliphatic heterocycles. The molecular formula is C48H40N2O6S2. The van der Waals surface area contributed by atoms with Gasteiger partial charge in [0.2, 0.25) is 5.91 Å². The van der Waals surface area contributed by atoms with Gasteiger partial charge < -0.3 is 8.92 Å². The second kappa shape index (κ2) is 16.7. The fraction of sp³-hybridized carbons (Fsp3) is 0.125. The summed E-state index contributed by atoms with van der Waals surface area (Å²) in [7, 11) is -4.16. The first-order valence-corrected chi connectivity index (χ1v) is 21.3. The third kappa shape index (κ3) is 7.61. The predicted octanol–water partition coefficient (Wildman–Crippen LogP) is 8.67. The number of esters is 1. The monoisotopic (exact) mass is 804 g/mol. The van der Waals surface area contributed by atoms with Crippen LogP contribution < -0.4 is 5.32 Å². The molecule has 1 fully saturated rings. The van der Waals surface area contributed by atoms with E-state index < -0.39 is 39.1 Å². The molecule has 1 N–H and O–H groups in total. The molecule has 0 saturated carbocycles. The topological polar surface area (TPSA) is 102 Å². The van der Waals surface area contributed by atoms with E-state index in [0.717, 1.165) is 39.6 Å². The van der Waals surface area contributed by atoms with Crippen LogP contribution >= 0.6 is 11.8 Å². The summed E-state index contributed by atoms with van der Waals surface area (Å²) in [6, 6.07) is 54.5. The Kier molecular flexibility index (Phi) is 11.1. The number of allylic oxidation sites excluding steroid dienone is 1. The molecule has 0 spiro atoms. The molecule has 2 heterocycles. The number of hydrogen-bond donors (Lipinski definition) is 1. The fourth-order valence-corrected chi connectivity index (χ4v) is 9.60. The molecule has 10 heteroatoms. The summed E-state index contributed by atoms with van der Waals surface area (Å²) in [6.45, 7) is 1.86. The molecule has 6 aromatic rings. The highest BCUT2D eigenvalue weighted by Gasteiger charge is 2.56. The standard InChI is InChI=1S/C48H40N2O6S2/c1-34-27-29-41(30-28-34)58(53,54)55-32-31-37-33-57-46-42(49-48(38-21-11-4-12-22-38,39-23-13-5-14-24-39)40-25-15-6-16-26-40)45(51)50(46)43(37)47(52)56-44(35-17-7-2-8-18-35)36-19-9-3-10-20-36/h2-32,42,44,46,49H,33H2,1H3/b32-31+. The number of ether oxygens (including phenoxy) is 1. The van der Waals surface area contributed by atoms with Gasteiger partial charge in [-0.05, 0) is 58.5 Å². The Balaban J connectivity index is 1.18. The Morgan fingerprint density at radius 2 is 1.19 bits per heavy atom. The van der Waals surface area contributed by atoms with Crippen LogP contribution in [-0.4, -0.2) is 42.4 Å². The number of benzene rings is 6. The Hall–Kier alpha value is -6.20. The fourth-order valence-electron chi connectivity index (χ4n) is 7.50. The molecule has 2 unspecified atom stereocenters. The number of fused-ring (bicyclic) bond motifs is 1. The summed E-state index contributed by atoms with van der Waals surface area (Å²) in [5.41, 5.74) is 4.71. The van der Waals surface area contributed by atoms with Crippen molar-refractivity contribution in [2.75, 3.05) is 5.75 Å². The van der Waals surface area contributed by atoms with E-state index in [9.17, 15) is 18.0 Å². The van der Waals surface area contributed by atoms with E-state index in [4.69, 9.17) is 8.92 Å². The Morgan fingerprint density at radius 3 is 1.67 bits per heavy atom. The lowest BCUT2D eigenvalue weighted by Crippen LogP contribution is -2.72. The molecule has 8 rings (SSSR count). The maximum atomic E-state index is 14.8. The molecular weight excluding hydrogens is 765 g/mol. The van der Waals surface area contributed by atoms with Gasteiger partial charge in [-0.15, -0.1) is 11.8 Å². The van der Waals surface area contributed by atoms with Crippen LogP contribution in [0, 0.1) is 6.92 Å².